The third-order valence-electron chi connectivity index (χ3n) is 2.92. The third-order valence-corrected chi connectivity index (χ3v) is 3.82. The van der Waals surface area contributed by atoms with E-state index in [4.69, 9.17) is 0 Å². The zero-order valence-corrected chi connectivity index (χ0v) is 12.3. The van der Waals surface area contributed by atoms with Crippen molar-refractivity contribution in [2.75, 3.05) is 6.54 Å². The lowest BCUT2D eigenvalue weighted by molar-refractivity contribution is 0.625. The maximum atomic E-state index is 4.58. The topological polar surface area (TPSA) is 29.3 Å². The highest BCUT2D eigenvalue weighted by Crippen LogP contribution is 2.21. The fraction of sp³-hybridized carbons (Fsp3) is 0.500. The molecule has 2 aromatic rings. The number of imidazole rings is 1. The van der Waals surface area contributed by atoms with Crippen molar-refractivity contribution in [1.82, 2.24) is 14.7 Å². The highest BCUT2D eigenvalue weighted by Gasteiger charge is 2.08. The van der Waals surface area contributed by atoms with Crippen molar-refractivity contribution in [2.45, 2.75) is 40.2 Å². The number of thiazole rings is 1. The molecule has 0 aliphatic heterocycles. The summed E-state index contributed by atoms with van der Waals surface area (Å²) in [5.74, 6) is 0. The molecule has 0 saturated heterocycles. The van der Waals surface area contributed by atoms with Gasteiger partial charge in [0.05, 0.1) is 11.4 Å². The number of hydrogen-bond acceptors (Lipinski definition) is 3. The maximum Gasteiger partial charge on any atom is 0.194 e. The Morgan fingerprint density at radius 1 is 1.50 bits per heavy atom. The molecule has 0 fully saturated rings. The molecule has 0 spiro atoms. The molecule has 0 bridgehead atoms. The van der Waals surface area contributed by atoms with Gasteiger partial charge < -0.3 is 5.32 Å². The second-order valence-electron chi connectivity index (χ2n) is 4.68. The minimum absolute atomic E-state index is 0.398. The number of nitrogens with zero attached hydrogens (tertiary/aromatic N) is 2. The molecule has 0 aromatic carbocycles. The maximum absolute atomic E-state index is 4.58. The van der Waals surface area contributed by atoms with Gasteiger partial charge in [-0.25, -0.2) is 4.98 Å². The van der Waals surface area contributed by atoms with Crippen LogP contribution in [0.3, 0.4) is 0 Å². The van der Waals surface area contributed by atoms with E-state index >= 15 is 0 Å². The van der Waals surface area contributed by atoms with Crippen LogP contribution in [0, 0.1) is 13.8 Å². The Morgan fingerprint density at radius 3 is 3.00 bits per heavy atom. The number of aryl methyl sites for hydroxylation is 2. The van der Waals surface area contributed by atoms with E-state index in [9.17, 15) is 0 Å². The first-order valence-corrected chi connectivity index (χ1v) is 7.30. The standard InChI is InChI=1S/C14H21N3S/c1-5-8-15-10(2)6-7-13-12(4)16-14-17(13)9-11(3)18-14/h6-7,9-10,15H,5,8H2,1-4H3/b7-6+. The van der Waals surface area contributed by atoms with Gasteiger partial charge in [-0.15, -0.1) is 11.3 Å². The van der Waals surface area contributed by atoms with Gasteiger partial charge in [-0.2, -0.15) is 0 Å². The van der Waals surface area contributed by atoms with Gasteiger partial charge in [-0.3, -0.25) is 4.40 Å². The molecule has 0 aliphatic rings. The van der Waals surface area contributed by atoms with Crippen LogP contribution in [0.15, 0.2) is 12.3 Å². The summed E-state index contributed by atoms with van der Waals surface area (Å²) in [4.78, 5) is 6.96. The number of aromatic nitrogens is 2. The zero-order chi connectivity index (χ0) is 13.1. The Bertz CT molecular complexity index is 551. The van der Waals surface area contributed by atoms with Gasteiger partial charge in [0.1, 0.15) is 0 Å². The number of nitrogens with one attached hydrogen (secondary N) is 1. The van der Waals surface area contributed by atoms with E-state index in [0.29, 0.717) is 6.04 Å². The van der Waals surface area contributed by atoms with Crippen LogP contribution >= 0.6 is 11.3 Å². The molecule has 2 heterocycles. The Kier molecular flexibility index (Phi) is 4.19. The molecule has 98 valence electrons. The van der Waals surface area contributed by atoms with E-state index in [1.807, 2.05) is 0 Å². The lowest BCUT2D eigenvalue weighted by Crippen LogP contribution is -2.24. The van der Waals surface area contributed by atoms with Crippen molar-refractivity contribution >= 4 is 22.4 Å². The Balaban J connectivity index is 2.19. The smallest absolute Gasteiger partial charge is 0.194 e. The Morgan fingerprint density at radius 2 is 2.28 bits per heavy atom. The van der Waals surface area contributed by atoms with Gasteiger partial charge in [0.25, 0.3) is 0 Å². The van der Waals surface area contributed by atoms with E-state index in [1.165, 1.54) is 10.6 Å². The van der Waals surface area contributed by atoms with E-state index in [-0.39, 0.29) is 0 Å². The first kappa shape index (κ1) is 13.3. The zero-order valence-electron chi connectivity index (χ0n) is 11.5. The molecule has 0 amide bonds. The predicted molar refractivity (Wildman–Crippen MR) is 79.3 cm³/mol. The Labute approximate surface area is 113 Å². The SMILES string of the molecule is CCCNC(C)/C=C/c1c(C)nc2sc(C)cn12. The molecule has 3 nitrogen and oxygen atoms in total. The van der Waals surface area contributed by atoms with Gasteiger partial charge in [0.2, 0.25) is 0 Å². The van der Waals surface area contributed by atoms with Crippen LogP contribution in [-0.2, 0) is 0 Å². The summed E-state index contributed by atoms with van der Waals surface area (Å²) in [5.41, 5.74) is 2.29. The van der Waals surface area contributed by atoms with Crippen LogP contribution in [0.1, 0.15) is 36.5 Å². The molecule has 1 N–H and O–H groups in total. The van der Waals surface area contributed by atoms with E-state index < -0.39 is 0 Å². The molecule has 4 heteroatoms. The summed E-state index contributed by atoms with van der Waals surface area (Å²) in [6, 6.07) is 0.398. The quantitative estimate of drug-likeness (QED) is 0.895. The van der Waals surface area contributed by atoms with E-state index in [1.54, 1.807) is 11.3 Å². The normalized spacial score (nSPS) is 13.8. The van der Waals surface area contributed by atoms with Crippen LogP contribution in [0.25, 0.3) is 11.0 Å². The predicted octanol–water partition coefficient (Wildman–Crippen LogP) is 3.41. The van der Waals surface area contributed by atoms with Crippen LogP contribution in [0.5, 0.6) is 0 Å². The van der Waals surface area contributed by atoms with Gasteiger partial charge in [-0.05, 0) is 39.8 Å². The van der Waals surface area contributed by atoms with Crippen LogP contribution in [0.2, 0.25) is 0 Å². The fourth-order valence-corrected chi connectivity index (χ4v) is 2.84. The van der Waals surface area contributed by atoms with Crippen molar-refractivity contribution < 1.29 is 0 Å². The molecule has 2 aromatic heterocycles. The molecule has 0 saturated carbocycles. The summed E-state index contributed by atoms with van der Waals surface area (Å²) in [6.07, 6.45) is 7.70. The second-order valence-corrected chi connectivity index (χ2v) is 5.89. The third kappa shape index (κ3) is 2.82. The monoisotopic (exact) mass is 263 g/mol. The highest BCUT2D eigenvalue weighted by atomic mass is 32.1. The van der Waals surface area contributed by atoms with Crippen molar-refractivity contribution in [3.8, 4) is 0 Å². The second kappa shape index (κ2) is 5.67. The highest BCUT2D eigenvalue weighted by molar-refractivity contribution is 7.17. The average molecular weight is 263 g/mol. The molecule has 2 rings (SSSR count). The molecule has 1 atom stereocenters. The van der Waals surface area contributed by atoms with Crippen molar-refractivity contribution in [1.29, 1.82) is 0 Å². The first-order chi connectivity index (χ1) is 8.61. The molecular weight excluding hydrogens is 242 g/mol. The molecule has 0 radical (unpaired) electrons. The lowest BCUT2D eigenvalue weighted by atomic mass is 10.2. The molecule has 18 heavy (non-hydrogen) atoms. The largest absolute Gasteiger partial charge is 0.311 e. The number of rotatable bonds is 5. The van der Waals surface area contributed by atoms with Crippen LogP contribution in [-0.4, -0.2) is 22.0 Å². The summed E-state index contributed by atoms with van der Waals surface area (Å²) < 4.78 is 2.18. The summed E-state index contributed by atoms with van der Waals surface area (Å²) in [5, 5.41) is 3.45. The van der Waals surface area contributed by atoms with Crippen molar-refractivity contribution in [3.63, 3.8) is 0 Å². The van der Waals surface area contributed by atoms with E-state index in [0.717, 1.165) is 23.6 Å². The van der Waals surface area contributed by atoms with Crippen LogP contribution in [0.4, 0.5) is 0 Å². The van der Waals surface area contributed by atoms with Gasteiger partial charge in [-0.1, -0.05) is 13.0 Å². The van der Waals surface area contributed by atoms with Crippen molar-refractivity contribution in [2.24, 2.45) is 0 Å². The summed E-state index contributed by atoms with van der Waals surface area (Å²) in [6.45, 7) is 9.61. The summed E-state index contributed by atoms with van der Waals surface area (Å²) in [7, 11) is 0. The molecule has 1 unspecified atom stereocenters. The lowest BCUT2D eigenvalue weighted by Gasteiger charge is -2.07. The number of hydrogen-bond donors (Lipinski definition) is 1. The fourth-order valence-electron chi connectivity index (χ4n) is 1.96. The van der Waals surface area contributed by atoms with Crippen LogP contribution < -0.4 is 5.32 Å². The minimum Gasteiger partial charge on any atom is -0.311 e. The first-order valence-electron chi connectivity index (χ1n) is 6.48. The Hall–Kier alpha value is -1.13. The van der Waals surface area contributed by atoms with Gasteiger partial charge >= 0.3 is 0 Å². The van der Waals surface area contributed by atoms with Gasteiger partial charge in [0, 0.05) is 17.1 Å². The summed E-state index contributed by atoms with van der Waals surface area (Å²) >= 11 is 1.74. The molecular formula is C14H21N3S. The average Bonchev–Trinajstić information content (AvgIpc) is 2.79. The van der Waals surface area contributed by atoms with Gasteiger partial charge in [0.15, 0.2) is 4.96 Å². The number of fused-ring (bicyclic) bond motifs is 1. The molecule has 0 aliphatic carbocycles. The van der Waals surface area contributed by atoms with E-state index in [2.05, 4.69) is 60.7 Å². The van der Waals surface area contributed by atoms with Crippen molar-refractivity contribution in [3.05, 3.63) is 28.5 Å². The minimum atomic E-state index is 0.398.